The predicted molar refractivity (Wildman–Crippen MR) is 110 cm³/mol. The highest BCUT2D eigenvalue weighted by atomic mass is 16.5. The quantitative estimate of drug-likeness (QED) is 0.375. The lowest BCUT2D eigenvalue weighted by Crippen LogP contribution is -2.42. The van der Waals surface area contributed by atoms with Crippen molar-refractivity contribution in [2.24, 2.45) is 10.4 Å². The van der Waals surface area contributed by atoms with Crippen molar-refractivity contribution in [1.82, 2.24) is 15.5 Å². The second-order valence-corrected chi connectivity index (χ2v) is 7.53. The summed E-state index contributed by atoms with van der Waals surface area (Å²) in [5.41, 5.74) is 1.49. The highest BCUT2D eigenvalue weighted by molar-refractivity contribution is 5.85. The van der Waals surface area contributed by atoms with Crippen LogP contribution in [0, 0.1) is 5.41 Å². The van der Waals surface area contributed by atoms with Crippen LogP contribution in [0.25, 0.3) is 0 Å². The summed E-state index contributed by atoms with van der Waals surface area (Å²) >= 11 is 0. The topological polar surface area (TPSA) is 66.0 Å². The third-order valence-electron chi connectivity index (χ3n) is 5.09. The average Bonchev–Trinajstić information content (AvgIpc) is 3.44. The molecule has 1 saturated carbocycles. The summed E-state index contributed by atoms with van der Waals surface area (Å²) in [5, 5.41) is 6.89. The van der Waals surface area contributed by atoms with Gasteiger partial charge in [-0.1, -0.05) is 30.3 Å². The van der Waals surface area contributed by atoms with Crippen LogP contribution < -0.4 is 10.6 Å². The Hall–Kier alpha value is -2.08. The zero-order chi connectivity index (χ0) is 19.7. The standard InChI is InChI=1S/C21H34N4O2/c1-5-27-14-13-21(11-12-21)16-23-20(22-15-19(26)25(3)4)24-17(2)18-9-7-6-8-10-18/h6-10,17H,5,11-16H2,1-4H3,(H2,22,23,24). The summed E-state index contributed by atoms with van der Waals surface area (Å²) in [4.78, 5) is 18.0. The molecule has 0 saturated heterocycles. The van der Waals surface area contributed by atoms with Gasteiger partial charge in [0.2, 0.25) is 5.91 Å². The van der Waals surface area contributed by atoms with Crippen molar-refractivity contribution in [1.29, 1.82) is 0 Å². The zero-order valence-electron chi connectivity index (χ0n) is 17.1. The molecule has 2 N–H and O–H groups in total. The van der Waals surface area contributed by atoms with Crippen LogP contribution in [0.1, 0.15) is 44.7 Å². The highest BCUT2D eigenvalue weighted by Crippen LogP contribution is 2.48. The maximum atomic E-state index is 11.9. The summed E-state index contributed by atoms with van der Waals surface area (Å²) < 4.78 is 5.52. The molecular weight excluding hydrogens is 340 g/mol. The number of benzene rings is 1. The van der Waals surface area contributed by atoms with E-state index in [9.17, 15) is 4.79 Å². The van der Waals surface area contributed by atoms with Gasteiger partial charge in [0.25, 0.3) is 0 Å². The summed E-state index contributed by atoms with van der Waals surface area (Å²) in [6.45, 7) is 6.68. The van der Waals surface area contributed by atoms with Gasteiger partial charge in [0.05, 0.1) is 6.04 Å². The van der Waals surface area contributed by atoms with Gasteiger partial charge in [-0.3, -0.25) is 4.79 Å². The maximum Gasteiger partial charge on any atom is 0.243 e. The van der Waals surface area contributed by atoms with Crippen molar-refractivity contribution < 1.29 is 9.53 Å². The summed E-state index contributed by atoms with van der Waals surface area (Å²) in [7, 11) is 3.50. The molecule has 1 aliphatic carbocycles. The molecular formula is C21H34N4O2. The van der Waals surface area contributed by atoms with Gasteiger partial charge >= 0.3 is 0 Å². The minimum Gasteiger partial charge on any atom is -0.382 e. The van der Waals surface area contributed by atoms with Crippen LogP contribution in [0.4, 0.5) is 0 Å². The fourth-order valence-corrected chi connectivity index (χ4v) is 2.87. The Balaban J connectivity index is 1.97. The average molecular weight is 375 g/mol. The Bertz CT molecular complexity index is 612. The molecule has 1 aromatic rings. The molecule has 27 heavy (non-hydrogen) atoms. The number of aliphatic imine (C=N–C) groups is 1. The number of guanidine groups is 1. The molecule has 0 bridgehead atoms. The van der Waals surface area contributed by atoms with E-state index in [1.807, 2.05) is 25.1 Å². The van der Waals surface area contributed by atoms with Crippen LogP contribution in [-0.4, -0.2) is 57.2 Å². The maximum absolute atomic E-state index is 11.9. The first-order valence-corrected chi connectivity index (χ1v) is 9.83. The minimum absolute atomic E-state index is 0.0130. The lowest BCUT2D eigenvalue weighted by Gasteiger charge is -2.22. The number of rotatable bonds is 10. The number of carbonyl (C=O) groups is 1. The number of hydrogen-bond donors (Lipinski definition) is 2. The molecule has 0 radical (unpaired) electrons. The van der Waals surface area contributed by atoms with E-state index in [4.69, 9.17) is 4.74 Å². The molecule has 1 fully saturated rings. The summed E-state index contributed by atoms with van der Waals surface area (Å²) in [5.74, 6) is 0.671. The zero-order valence-corrected chi connectivity index (χ0v) is 17.1. The molecule has 1 atom stereocenters. The van der Waals surface area contributed by atoms with Crippen LogP contribution in [0.15, 0.2) is 35.3 Å². The number of nitrogens with zero attached hydrogens (tertiary/aromatic N) is 2. The van der Waals surface area contributed by atoms with Crippen molar-refractivity contribution in [3.8, 4) is 0 Å². The molecule has 150 valence electrons. The number of ether oxygens (including phenoxy) is 1. The van der Waals surface area contributed by atoms with E-state index >= 15 is 0 Å². The Kier molecular flexibility index (Phi) is 8.10. The van der Waals surface area contributed by atoms with Crippen LogP contribution in [0.2, 0.25) is 0 Å². The van der Waals surface area contributed by atoms with Gasteiger partial charge in [-0.25, -0.2) is 4.99 Å². The minimum atomic E-state index is -0.0130. The van der Waals surface area contributed by atoms with E-state index < -0.39 is 0 Å². The third-order valence-corrected chi connectivity index (χ3v) is 5.09. The first-order chi connectivity index (χ1) is 13.0. The largest absolute Gasteiger partial charge is 0.382 e. The number of amides is 1. The van der Waals surface area contributed by atoms with E-state index in [-0.39, 0.29) is 18.5 Å². The Morgan fingerprint density at radius 3 is 2.59 bits per heavy atom. The number of carbonyl (C=O) groups excluding carboxylic acids is 1. The number of hydrogen-bond acceptors (Lipinski definition) is 3. The lowest BCUT2D eigenvalue weighted by molar-refractivity contribution is -0.127. The highest BCUT2D eigenvalue weighted by Gasteiger charge is 2.42. The second kappa shape index (κ2) is 10.3. The van der Waals surface area contributed by atoms with Crippen LogP contribution in [0.3, 0.4) is 0 Å². The smallest absolute Gasteiger partial charge is 0.243 e. The molecule has 0 heterocycles. The van der Waals surface area contributed by atoms with Crippen LogP contribution >= 0.6 is 0 Å². The molecule has 6 nitrogen and oxygen atoms in total. The molecule has 1 aromatic carbocycles. The third kappa shape index (κ3) is 7.21. The summed E-state index contributed by atoms with van der Waals surface area (Å²) in [6, 6.07) is 10.3. The Morgan fingerprint density at radius 2 is 2.00 bits per heavy atom. The van der Waals surface area contributed by atoms with Crippen molar-refractivity contribution in [3.05, 3.63) is 35.9 Å². The molecule has 1 amide bonds. The first-order valence-electron chi connectivity index (χ1n) is 9.83. The predicted octanol–water partition coefficient (Wildman–Crippen LogP) is 2.58. The molecule has 1 unspecified atom stereocenters. The van der Waals surface area contributed by atoms with E-state index in [2.05, 4.69) is 34.7 Å². The van der Waals surface area contributed by atoms with Gasteiger partial charge in [0, 0.05) is 33.9 Å². The van der Waals surface area contributed by atoms with Gasteiger partial charge in [-0.2, -0.15) is 0 Å². The van der Waals surface area contributed by atoms with Crippen molar-refractivity contribution in [2.45, 2.75) is 39.2 Å². The van der Waals surface area contributed by atoms with Crippen molar-refractivity contribution >= 4 is 11.9 Å². The van der Waals surface area contributed by atoms with E-state index in [1.165, 1.54) is 18.4 Å². The van der Waals surface area contributed by atoms with Crippen molar-refractivity contribution in [2.75, 3.05) is 40.4 Å². The normalized spacial score (nSPS) is 16.5. The van der Waals surface area contributed by atoms with Gasteiger partial charge in [-0.15, -0.1) is 0 Å². The van der Waals surface area contributed by atoms with Crippen LogP contribution in [0.5, 0.6) is 0 Å². The van der Waals surface area contributed by atoms with Gasteiger partial charge in [0.15, 0.2) is 5.96 Å². The van der Waals surface area contributed by atoms with Crippen molar-refractivity contribution in [3.63, 3.8) is 0 Å². The fourth-order valence-electron chi connectivity index (χ4n) is 2.87. The Labute approximate surface area is 163 Å². The Morgan fingerprint density at radius 1 is 1.30 bits per heavy atom. The first kappa shape index (κ1) is 21.2. The monoisotopic (exact) mass is 374 g/mol. The van der Waals surface area contributed by atoms with Crippen LogP contribution in [-0.2, 0) is 9.53 Å². The number of nitrogens with one attached hydrogen (secondary N) is 2. The van der Waals surface area contributed by atoms with Gasteiger partial charge in [-0.05, 0) is 44.1 Å². The molecule has 0 aromatic heterocycles. The second-order valence-electron chi connectivity index (χ2n) is 7.53. The number of likely N-dealkylation sites (N-methyl/N-ethyl adjacent to an activating group) is 1. The lowest BCUT2D eigenvalue weighted by atomic mass is 10.0. The molecule has 1 aliphatic rings. The van der Waals surface area contributed by atoms with E-state index in [1.54, 1.807) is 19.0 Å². The fraction of sp³-hybridized carbons (Fsp3) is 0.619. The molecule has 6 heteroatoms. The molecule has 0 aliphatic heterocycles. The summed E-state index contributed by atoms with van der Waals surface area (Å²) in [6.07, 6.45) is 3.49. The molecule has 2 rings (SSSR count). The molecule has 0 spiro atoms. The van der Waals surface area contributed by atoms with Gasteiger partial charge in [0.1, 0.15) is 6.54 Å². The SMILES string of the molecule is CCOCCC1(CNC(=NCC(=O)N(C)C)NC(C)c2ccccc2)CC1. The van der Waals surface area contributed by atoms with E-state index in [0.717, 1.165) is 26.2 Å². The van der Waals surface area contributed by atoms with Gasteiger partial charge < -0.3 is 20.3 Å². The van der Waals surface area contributed by atoms with E-state index in [0.29, 0.717) is 11.4 Å².